The third kappa shape index (κ3) is 2.72. The van der Waals surface area contributed by atoms with E-state index >= 15 is 0 Å². The quantitative estimate of drug-likeness (QED) is 0.829. The molecule has 0 bridgehead atoms. The molecule has 2 N–H and O–H groups in total. The summed E-state index contributed by atoms with van der Waals surface area (Å²) in [6, 6.07) is 4.24. The molecule has 3 rings (SSSR count). The molecule has 0 aromatic heterocycles. The normalized spacial score (nSPS) is 22.7. The zero-order chi connectivity index (χ0) is 16.6. The minimum absolute atomic E-state index is 0.0369. The first kappa shape index (κ1) is 15.9. The van der Waals surface area contributed by atoms with Gasteiger partial charge in [0, 0.05) is 24.7 Å². The van der Waals surface area contributed by atoms with E-state index in [-0.39, 0.29) is 34.5 Å². The second kappa shape index (κ2) is 5.93. The van der Waals surface area contributed by atoms with Gasteiger partial charge < -0.3 is 10.6 Å². The van der Waals surface area contributed by atoms with Crippen LogP contribution in [0.1, 0.15) is 40.5 Å². The third-order valence-electron chi connectivity index (χ3n) is 4.19. The van der Waals surface area contributed by atoms with Crippen LogP contribution in [0.25, 0.3) is 0 Å². The highest BCUT2D eigenvalue weighted by Crippen LogP contribution is 2.30. The smallest absolute Gasteiger partial charge is 0.268 e. The molecule has 0 radical (unpaired) electrons. The van der Waals surface area contributed by atoms with Crippen molar-refractivity contribution in [2.45, 2.75) is 30.7 Å². The van der Waals surface area contributed by atoms with E-state index in [2.05, 4.69) is 10.6 Å². The Bertz CT molecular complexity index is 754. The van der Waals surface area contributed by atoms with Crippen molar-refractivity contribution >= 4 is 21.8 Å². The number of carbonyl (C=O) groups is 2. The first-order valence-electron chi connectivity index (χ1n) is 7.68. The van der Waals surface area contributed by atoms with Crippen molar-refractivity contribution in [3.8, 4) is 0 Å². The molecule has 8 heteroatoms. The maximum Gasteiger partial charge on any atom is 0.268 e. The average molecular weight is 337 g/mol. The molecule has 23 heavy (non-hydrogen) atoms. The Hall–Kier alpha value is -1.93. The van der Waals surface area contributed by atoms with Crippen LogP contribution in [0.15, 0.2) is 23.1 Å². The van der Waals surface area contributed by atoms with Crippen molar-refractivity contribution in [2.24, 2.45) is 0 Å². The fraction of sp³-hybridized carbons (Fsp3) is 0.467. The fourth-order valence-electron chi connectivity index (χ4n) is 2.97. The molecular formula is C15H19N3O4S. The zero-order valence-electron chi connectivity index (χ0n) is 12.8. The van der Waals surface area contributed by atoms with Crippen molar-refractivity contribution in [3.05, 3.63) is 29.3 Å². The fourth-order valence-corrected chi connectivity index (χ4v) is 4.58. The first-order valence-corrected chi connectivity index (χ1v) is 9.12. The highest BCUT2D eigenvalue weighted by molar-refractivity contribution is 7.90. The van der Waals surface area contributed by atoms with Gasteiger partial charge in [-0.25, -0.2) is 12.7 Å². The van der Waals surface area contributed by atoms with Gasteiger partial charge in [0.25, 0.3) is 21.8 Å². The molecule has 2 heterocycles. The average Bonchev–Trinajstić information content (AvgIpc) is 2.74. The zero-order valence-corrected chi connectivity index (χ0v) is 13.6. The monoisotopic (exact) mass is 337 g/mol. The van der Waals surface area contributed by atoms with E-state index in [0.29, 0.717) is 6.54 Å². The van der Waals surface area contributed by atoms with Crippen molar-refractivity contribution in [1.29, 1.82) is 0 Å². The Morgan fingerprint density at radius 2 is 2.22 bits per heavy atom. The minimum Gasteiger partial charge on any atom is -0.348 e. The summed E-state index contributed by atoms with van der Waals surface area (Å²) < 4.78 is 25.5. The molecule has 1 aromatic rings. The molecule has 1 saturated heterocycles. The lowest BCUT2D eigenvalue weighted by molar-refractivity contribution is 0.0873. The number of amides is 2. The van der Waals surface area contributed by atoms with Crippen LogP contribution in [-0.2, 0) is 10.0 Å². The predicted octanol–water partition coefficient (Wildman–Crippen LogP) is 0.333. The molecule has 1 aromatic carbocycles. The lowest BCUT2D eigenvalue weighted by atomic mass is 10.1. The molecular weight excluding hydrogens is 318 g/mol. The number of nitrogens with zero attached hydrogens (tertiary/aromatic N) is 1. The number of nitrogens with one attached hydrogen (secondary N) is 2. The van der Waals surface area contributed by atoms with Gasteiger partial charge in [-0.2, -0.15) is 0 Å². The number of fused-ring (bicyclic) bond motifs is 1. The van der Waals surface area contributed by atoms with Crippen LogP contribution in [0, 0.1) is 0 Å². The summed E-state index contributed by atoms with van der Waals surface area (Å²) in [5, 5.41) is 6.10. The lowest BCUT2D eigenvalue weighted by Gasteiger charge is -2.23. The molecule has 0 spiro atoms. The van der Waals surface area contributed by atoms with Crippen LogP contribution >= 0.6 is 0 Å². The molecule has 2 aliphatic heterocycles. The van der Waals surface area contributed by atoms with Gasteiger partial charge in [-0.3, -0.25) is 9.59 Å². The van der Waals surface area contributed by atoms with Crippen molar-refractivity contribution < 1.29 is 18.0 Å². The standard InChI is InChI=1S/C15H19N3O4S/c1-2-18-15(20)12-6-5-10(8-13(12)23(18,21)22)14(19)17-11-4-3-7-16-9-11/h5-6,8,11,16H,2-4,7,9H2,1H3,(H,17,19). The maximum atomic E-state index is 12.4. The second-order valence-electron chi connectivity index (χ2n) is 5.70. The van der Waals surface area contributed by atoms with E-state index in [0.717, 1.165) is 23.7 Å². The molecule has 2 amide bonds. The topological polar surface area (TPSA) is 95.6 Å². The van der Waals surface area contributed by atoms with Gasteiger partial charge >= 0.3 is 0 Å². The molecule has 1 atom stereocenters. The minimum atomic E-state index is -3.84. The van der Waals surface area contributed by atoms with Crippen LogP contribution in [-0.4, -0.2) is 50.2 Å². The summed E-state index contributed by atoms with van der Waals surface area (Å²) in [4.78, 5) is 24.3. The first-order chi connectivity index (χ1) is 10.9. The van der Waals surface area contributed by atoms with Gasteiger partial charge in [-0.1, -0.05) is 0 Å². The van der Waals surface area contributed by atoms with Gasteiger partial charge in [0.1, 0.15) is 4.90 Å². The number of piperidine rings is 1. The molecule has 0 saturated carbocycles. The van der Waals surface area contributed by atoms with Crippen molar-refractivity contribution in [3.63, 3.8) is 0 Å². The Morgan fingerprint density at radius 3 is 2.87 bits per heavy atom. The Labute approximate surface area is 135 Å². The number of sulfonamides is 1. The summed E-state index contributed by atoms with van der Waals surface area (Å²) >= 11 is 0. The van der Waals surface area contributed by atoms with Crippen LogP contribution in [0.3, 0.4) is 0 Å². The Morgan fingerprint density at radius 1 is 1.43 bits per heavy atom. The summed E-state index contributed by atoms with van der Waals surface area (Å²) in [5.74, 6) is -0.856. The highest BCUT2D eigenvalue weighted by atomic mass is 32.2. The van der Waals surface area contributed by atoms with Crippen LogP contribution in [0.5, 0.6) is 0 Å². The number of rotatable bonds is 3. The van der Waals surface area contributed by atoms with E-state index in [1.807, 2.05) is 0 Å². The summed E-state index contributed by atoms with van der Waals surface area (Å²) in [7, 11) is -3.84. The maximum absolute atomic E-state index is 12.4. The van der Waals surface area contributed by atoms with Crippen LogP contribution in [0.4, 0.5) is 0 Å². The van der Waals surface area contributed by atoms with Gasteiger partial charge in [-0.15, -0.1) is 0 Å². The van der Waals surface area contributed by atoms with E-state index in [4.69, 9.17) is 0 Å². The van der Waals surface area contributed by atoms with E-state index in [1.54, 1.807) is 6.92 Å². The summed E-state index contributed by atoms with van der Waals surface area (Å²) in [5.41, 5.74) is 0.381. The van der Waals surface area contributed by atoms with Gasteiger partial charge in [-0.05, 0) is 44.5 Å². The Kier molecular flexibility index (Phi) is 4.11. The largest absolute Gasteiger partial charge is 0.348 e. The number of carbonyl (C=O) groups excluding carboxylic acids is 2. The molecule has 7 nitrogen and oxygen atoms in total. The third-order valence-corrected chi connectivity index (χ3v) is 6.09. The Balaban J connectivity index is 1.87. The van der Waals surface area contributed by atoms with Crippen LogP contribution in [0.2, 0.25) is 0 Å². The summed E-state index contributed by atoms with van der Waals surface area (Å²) in [6.07, 6.45) is 1.88. The number of benzene rings is 1. The molecule has 124 valence electrons. The van der Waals surface area contributed by atoms with Crippen molar-refractivity contribution in [2.75, 3.05) is 19.6 Å². The number of hydrogen-bond donors (Lipinski definition) is 2. The van der Waals surface area contributed by atoms with E-state index in [1.165, 1.54) is 18.2 Å². The molecule has 1 fully saturated rings. The van der Waals surface area contributed by atoms with E-state index < -0.39 is 15.9 Å². The highest BCUT2D eigenvalue weighted by Gasteiger charge is 2.40. The lowest BCUT2D eigenvalue weighted by Crippen LogP contribution is -2.45. The molecule has 1 unspecified atom stereocenters. The van der Waals surface area contributed by atoms with Gasteiger partial charge in [0.05, 0.1) is 5.56 Å². The van der Waals surface area contributed by atoms with E-state index in [9.17, 15) is 18.0 Å². The van der Waals surface area contributed by atoms with Crippen LogP contribution < -0.4 is 10.6 Å². The van der Waals surface area contributed by atoms with Gasteiger partial charge in [0.2, 0.25) is 0 Å². The SMILES string of the molecule is CCN1C(=O)c2ccc(C(=O)NC3CCCNC3)cc2S1(=O)=O. The molecule has 2 aliphatic rings. The van der Waals surface area contributed by atoms with Crippen molar-refractivity contribution in [1.82, 2.24) is 14.9 Å². The number of hydrogen-bond acceptors (Lipinski definition) is 5. The molecule has 0 aliphatic carbocycles. The second-order valence-corrected chi connectivity index (χ2v) is 7.53. The van der Waals surface area contributed by atoms with Gasteiger partial charge in [0.15, 0.2) is 0 Å². The summed E-state index contributed by atoms with van der Waals surface area (Å²) in [6.45, 7) is 3.33. The predicted molar refractivity (Wildman–Crippen MR) is 83.7 cm³/mol.